The number of alkyl halides is 3. The maximum Gasteiger partial charge on any atom is 0.391 e. The lowest BCUT2D eigenvalue weighted by molar-refractivity contribution is -0.160. The van der Waals surface area contributed by atoms with Crippen LogP contribution in [0, 0.1) is 0 Å². The molecule has 84 valence electrons. The topological polar surface area (TPSA) is 35.5 Å². The first kappa shape index (κ1) is 13.2. The van der Waals surface area contributed by atoms with Gasteiger partial charge in [-0.2, -0.15) is 13.2 Å². The van der Waals surface area contributed by atoms with Crippen LogP contribution >= 0.6 is 0 Å². The van der Waals surface area contributed by atoms with Crippen LogP contribution in [0.2, 0.25) is 0 Å². The number of carbonyl (C=O) groups is 1. The first-order valence-electron chi connectivity index (χ1n) is 4.15. The third-order valence-corrected chi connectivity index (χ3v) is 1.12. The highest BCUT2D eigenvalue weighted by Gasteiger charge is 2.26. The monoisotopic (exact) mass is 214 g/mol. The van der Waals surface area contributed by atoms with Gasteiger partial charge in [-0.25, -0.2) is 4.79 Å². The minimum Gasteiger partial charge on any atom is -0.461 e. The van der Waals surface area contributed by atoms with E-state index >= 15 is 0 Å². The van der Waals surface area contributed by atoms with Crippen LogP contribution < -0.4 is 0 Å². The fraction of sp³-hybridized carbons (Fsp3) is 0.875. The minimum atomic E-state index is -4.25. The molecule has 0 aliphatic carbocycles. The molecular formula is C8H13F3O3. The zero-order valence-electron chi connectivity index (χ0n) is 8.06. The summed E-state index contributed by atoms with van der Waals surface area (Å²) in [6.45, 7) is 2.34. The van der Waals surface area contributed by atoms with Crippen LogP contribution in [0.25, 0.3) is 0 Å². The van der Waals surface area contributed by atoms with E-state index in [2.05, 4.69) is 9.47 Å². The van der Waals surface area contributed by atoms with E-state index in [4.69, 9.17) is 0 Å². The molecule has 6 heteroatoms. The molecule has 0 spiro atoms. The summed E-state index contributed by atoms with van der Waals surface area (Å²) in [7, 11) is 0. The average Bonchev–Trinajstić information content (AvgIpc) is 1.95. The molecule has 0 saturated carbocycles. The minimum absolute atomic E-state index is 0.284. The second kappa shape index (κ2) is 5.85. The molecule has 0 unspecified atom stereocenters. The van der Waals surface area contributed by atoms with Crippen LogP contribution in [0.5, 0.6) is 0 Å². The fourth-order valence-corrected chi connectivity index (χ4v) is 0.640. The Kier molecular flexibility index (Phi) is 5.52. The molecule has 3 nitrogen and oxygen atoms in total. The van der Waals surface area contributed by atoms with Gasteiger partial charge in [-0.05, 0) is 13.8 Å². The second-order valence-corrected chi connectivity index (χ2v) is 2.96. The fourth-order valence-electron chi connectivity index (χ4n) is 0.640. The zero-order chi connectivity index (χ0) is 11.2. The van der Waals surface area contributed by atoms with Gasteiger partial charge in [-0.15, -0.1) is 0 Å². The molecule has 0 amide bonds. The van der Waals surface area contributed by atoms with Gasteiger partial charge in [-0.3, -0.25) is 0 Å². The predicted octanol–water partition coefficient (Wildman–Crippen LogP) is 1.91. The van der Waals surface area contributed by atoms with E-state index in [1.165, 1.54) is 0 Å². The van der Waals surface area contributed by atoms with Crippen LogP contribution in [0.15, 0.2) is 0 Å². The van der Waals surface area contributed by atoms with Crippen molar-refractivity contribution in [1.29, 1.82) is 0 Å². The Bertz CT molecular complexity index is 177. The average molecular weight is 214 g/mol. The van der Waals surface area contributed by atoms with E-state index in [0.29, 0.717) is 0 Å². The molecule has 0 rings (SSSR count). The Labute approximate surface area is 80.2 Å². The molecule has 0 aliphatic rings. The molecule has 0 fully saturated rings. The van der Waals surface area contributed by atoms with E-state index in [-0.39, 0.29) is 6.10 Å². The summed E-state index contributed by atoms with van der Waals surface area (Å²) in [6.07, 6.45) is -5.59. The Morgan fingerprint density at radius 1 is 1.36 bits per heavy atom. The number of hydrogen-bond donors (Lipinski definition) is 0. The van der Waals surface area contributed by atoms with Crippen molar-refractivity contribution in [3.63, 3.8) is 0 Å². The maximum absolute atomic E-state index is 11.6. The number of ether oxygens (including phenoxy) is 2. The largest absolute Gasteiger partial charge is 0.461 e. The van der Waals surface area contributed by atoms with E-state index in [0.717, 1.165) is 0 Å². The standard InChI is InChI=1S/C8H13F3O3/c1-6(2)14-7(12)5-13-4-3-8(9,10)11/h6H,3-5H2,1-2H3. The summed E-state index contributed by atoms with van der Waals surface area (Å²) in [4.78, 5) is 10.7. The van der Waals surface area contributed by atoms with Crippen LogP contribution in [0.4, 0.5) is 13.2 Å². The lowest BCUT2D eigenvalue weighted by atomic mass is 10.4. The van der Waals surface area contributed by atoms with Crippen molar-refractivity contribution < 1.29 is 27.4 Å². The van der Waals surface area contributed by atoms with Crippen LogP contribution in [-0.4, -0.2) is 31.5 Å². The third kappa shape index (κ3) is 9.31. The first-order chi connectivity index (χ1) is 6.31. The maximum atomic E-state index is 11.6. The molecule has 0 bridgehead atoms. The number of halogens is 3. The zero-order valence-corrected chi connectivity index (χ0v) is 8.06. The van der Waals surface area contributed by atoms with Crippen molar-refractivity contribution in [2.24, 2.45) is 0 Å². The van der Waals surface area contributed by atoms with Gasteiger partial charge in [0.2, 0.25) is 0 Å². The molecule has 0 heterocycles. The van der Waals surface area contributed by atoms with Crippen LogP contribution in [-0.2, 0) is 14.3 Å². The van der Waals surface area contributed by atoms with Gasteiger partial charge in [0.1, 0.15) is 6.61 Å². The van der Waals surface area contributed by atoms with Gasteiger partial charge in [0.05, 0.1) is 19.1 Å². The van der Waals surface area contributed by atoms with Crippen LogP contribution in [0.1, 0.15) is 20.3 Å². The molecule has 0 aromatic heterocycles. The van der Waals surface area contributed by atoms with Crippen molar-refractivity contribution in [3.05, 3.63) is 0 Å². The van der Waals surface area contributed by atoms with Crippen molar-refractivity contribution in [2.75, 3.05) is 13.2 Å². The summed E-state index contributed by atoms with van der Waals surface area (Å²) in [5, 5.41) is 0. The van der Waals surface area contributed by atoms with Crippen molar-refractivity contribution in [2.45, 2.75) is 32.5 Å². The van der Waals surface area contributed by atoms with E-state index in [1.54, 1.807) is 13.8 Å². The molecule has 14 heavy (non-hydrogen) atoms. The molecule has 0 aromatic carbocycles. The summed E-state index contributed by atoms with van der Waals surface area (Å²) in [5.41, 5.74) is 0. The molecular weight excluding hydrogens is 201 g/mol. The molecule has 0 aliphatic heterocycles. The quantitative estimate of drug-likeness (QED) is 0.518. The Balaban J connectivity index is 3.41. The third-order valence-electron chi connectivity index (χ3n) is 1.12. The highest BCUT2D eigenvalue weighted by molar-refractivity contribution is 5.70. The first-order valence-corrected chi connectivity index (χ1v) is 4.15. The van der Waals surface area contributed by atoms with Gasteiger partial charge in [0.15, 0.2) is 0 Å². The summed E-state index contributed by atoms with van der Waals surface area (Å²) < 4.78 is 43.9. The lowest BCUT2D eigenvalue weighted by Gasteiger charge is -2.09. The van der Waals surface area contributed by atoms with Gasteiger partial charge < -0.3 is 9.47 Å². The number of rotatable bonds is 5. The summed E-state index contributed by atoms with van der Waals surface area (Å²) >= 11 is 0. The number of carbonyl (C=O) groups excluding carboxylic acids is 1. The number of esters is 1. The number of hydrogen-bond acceptors (Lipinski definition) is 3. The summed E-state index contributed by atoms with van der Waals surface area (Å²) in [5.74, 6) is -0.651. The van der Waals surface area contributed by atoms with Gasteiger partial charge in [0.25, 0.3) is 0 Å². The Morgan fingerprint density at radius 3 is 2.36 bits per heavy atom. The predicted molar refractivity (Wildman–Crippen MR) is 42.7 cm³/mol. The van der Waals surface area contributed by atoms with Crippen molar-refractivity contribution in [1.82, 2.24) is 0 Å². The van der Waals surface area contributed by atoms with Crippen LogP contribution in [0.3, 0.4) is 0 Å². The van der Waals surface area contributed by atoms with Gasteiger partial charge in [0, 0.05) is 0 Å². The van der Waals surface area contributed by atoms with E-state index in [9.17, 15) is 18.0 Å². The molecule has 0 aromatic rings. The highest BCUT2D eigenvalue weighted by Crippen LogP contribution is 2.18. The smallest absolute Gasteiger partial charge is 0.391 e. The van der Waals surface area contributed by atoms with Crippen molar-refractivity contribution >= 4 is 5.97 Å². The van der Waals surface area contributed by atoms with E-state index < -0.39 is 31.8 Å². The van der Waals surface area contributed by atoms with Gasteiger partial charge in [-0.1, -0.05) is 0 Å². The molecule has 0 saturated heterocycles. The lowest BCUT2D eigenvalue weighted by Crippen LogP contribution is -2.19. The molecule has 0 radical (unpaired) electrons. The molecule has 0 atom stereocenters. The Morgan fingerprint density at radius 2 is 1.93 bits per heavy atom. The SMILES string of the molecule is CC(C)OC(=O)COCCC(F)(F)F. The second-order valence-electron chi connectivity index (χ2n) is 2.96. The Hall–Kier alpha value is -0.780. The van der Waals surface area contributed by atoms with E-state index in [1.807, 2.05) is 0 Å². The van der Waals surface area contributed by atoms with Crippen molar-refractivity contribution in [3.8, 4) is 0 Å². The normalized spacial score (nSPS) is 11.9. The molecule has 0 N–H and O–H groups in total. The summed E-state index contributed by atoms with van der Waals surface area (Å²) in [6, 6.07) is 0. The highest BCUT2D eigenvalue weighted by atomic mass is 19.4. The van der Waals surface area contributed by atoms with Gasteiger partial charge >= 0.3 is 12.1 Å².